The molecule has 0 spiro atoms. The van der Waals surface area contributed by atoms with Crippen LogP contribution in [-0.4, -0.2) is 26.5 Å². The molecular weight excluding hydrogens is 266 g/mol. The normalized spacial score (nSPS) is 13.6. The van der Waals surface area contributed by atoms with Crippen molar-refractivity contribution in [1.29, 1.82) is 0 Å². The Morgan fingerprint density at radius 2 is 2.10 bits per heavy atom. The molecule has 0 aliphatic heterocycles. The highest BCUT2D eigenvalue weighted by atomic mass is 16.5. The van der Waals surface area contributed by atoms with Crippen molar-refractivity contribution in [3.8, 4) is 11.4 Å². The van der Waals surface area contributed by atoms with E-state index in [4.69, 9.17) is 10.3 Å². The Hall–Kier alpha value is -1.69. The van der Waals surface area contributed by atoms with E-state index in [0.717, 1.165) is 24.8 Å². The zero-order chi connectivity index (χ0) is 15.5. The molecule has 2 rings (SSSR count). The zero-order valence-corrected chi connectivity index (χ0v) is 13.3. The van der Waals surface area contributed by atoms with E-state index in [1.807, 2.05) is 13.2 Å². The average Bonchev–Trinajstić information content (AvgIpc) is 3.01. The number of aromatic nitrogens is 4. The maximum atomic E-state index is 5.72. The summed E-state index contributed by atoms with van der Waals surface area (Å²) in [5.74, 6) is 1.83. The molecule has 2 heterocycles. The molecule has 0 bridgehead atoms. The SMILES string of the molecule is Cn1cc(-c2noc(CCC(CCN)C(C)(C)C)n2)cn1. The Kier molecular flexibility index (Phi) is 4.77. The van der Waals surface area contributed by atoms with Crippen LogP contribution < -0.4 is 5.73 Å². The van der Waals surface area contributed by atoms with Gasteiger partial charge in [-0.05, 0) is 30.7 Å². The lowest BCUT2D eigenvalue weighted by Crippen LogP contribution is -2.24. The molecule has 0 saturated heterocycles. The van der Waals surface area contributed by atoms with Crippen molar-refractivity contribution in [3.05, 3.63) is 18.3 Å². The predicted molar refractivity (Wildman–Crippen MR) is 81.4 cm³/mol. The molecule has 0 radical (unpaired) electrons. The van der Waals surface area contributed by atoms with Crippen LogP contribution in [-0.2, 0) is 13.5 Å². The maximum Gasteiger partial charge on any atom is 0.226 e. The third-order valence-corrected chi connectivity index (χ3v) is 3.88. The molecule has 0 aliphatic carbocycles. The molecule has 2 N–H and O–H groups in total. The lowest BCUT2D eigenvalue weighted by Gasteiger charge is -2.30. The van der Waals surface area contributed by atoms with Crippen LogP contribution in [0.3, 0.4) is 0 Å². The van der Waals surface area contributed by atoms with Crippen LogP contribution in [0.25, 0.3) is 11.4 Å². The number of rotatable bonds is 6. The minimum absolute atomic E-state index is 0.242. The summed E-state index contributed by atoms with van der Waals surface area (Å²) in [6, 6.07) is 0. The molecule has 6 heteroatoms. The van der Waals surface area contributed by atoms with Gasteiger partial charge in [-0.3, -0.25) is 4.68 Å². The summed E-state index contributed by atoms with van der Waals surface area (Å²) >= 11 is 0. The molecular formula is C15H25N5O. The van der Waals surface area contributed by atoms with E-state index < -0.39 is 0 Å². The molecule has 1 atom stereocenters. The third kappa shape index (κ3) is 4.14. The van der Waals surface area contributed by atoms with Gasteiger partial charge in [-0.15, -0.1) is 0 Å². The molecule has 2 aromatic heterocycles. The maximum absolute atomic E-state index is 5.72. The topological polar surface area (TPSA) is 82.8 Å². The summed E-state index contributed by atoms with van der Waals surface area (Å²) < 4.78 is 7.06. The Morgan fingerprint density at radius 1 is 1.33 bits per heavy atom. The number of hydrogen-bond donors (Lipinski definition) is 1. The minimum Gasteiger partial charge on any atom is -0.339 e. The second-order valence-electron chi connectivity index (χ2n) is 6.59. The molecule has 21 heavy (non-hydrogen) atoms. The highest BCUT2D eigenvalue weighted by Gasteiger charge is 2.24. The highest BCUT2D eigenvalue weighted by molar-refractivity contribution is 5.50. The summed E-state index contributed by atoms with van der Waals surface area (Å²) in [4.78, 5) is 4.45. The lowest BCUT2D eigenvalue weighted by molar-refractivity contribution is 0.208. The molecule has 6 nitrogen and oxygen atoms in total. The van der Waals surface area contributed by atoms with Crippen molar-refractivity contribution in [2.45, 2.75) is 40.0 Å². The fourth-order valence-electron chi connectivity index (χ4n) is 2.52. The Morgan fingerprint density at radius 3 is 2.67 bits per heavy atom. The van der Waals surface area contributed by atoms with Gasteiger partial charge in [-0.2, -0.15) is 10.1 Å². The van der Waals surface area contributed by atoms with Gasteiger partial charge >= 0.3 is 0 Å². The van der Waals surface area contributed by atoms with Crippen LogP contribution >= 0.6 is 0 Å². The van der Waals surface area contributed by atoms with Gasteiger partial charge in [0.15, 0.2) is 0 Å². The number of nitrogens with zero attached hydrogens (tertiary/aromatic N) is 4. The summed E-state index contributed by atoms with van der Waals surface area (Å²) in [6.07, 6.45) is 6.43. The van der Waals surface area contributed by atoms with Crippen LogP contribution in [0.15, 0.2) is 16.9 Å². The Labute approximate surface area is 125 Å². The number of hydrogen-bond acceptors (Lipinski definition) is 5. The van der Waals surface area contributed by atoms with Gasteiger partial charge in [0, 0.05) is 19.7 Å². The Balaban J connectivity index is 1.99. The van der Waals surface area contributed by atoms with E-state index >= 15 is 0 Å². The summed E-state index contributed by atoms with van der Waals surface area (Å²) in [7, 11) is 1.87. The standard InChI is InChI=1S/C15H25N5O/c1-15(2,3)12(7-8-16)5-6-13-18-14(19-21-13)11-9-17-20(4)10-11/h9-10,12H,5-8,16H2,1-4H3. The van der Waals surface area contributed by atoms with Crippen molar-refractivity contribution in [2.24, 2.45) is 24.1 Å². The van der Waals surface area contributed by atoms with Crippen LogP contribution in [0.1, 0.15) is 39.5 Å². The molecule has 2 aromatic rings. The van der Waals surface area contributed by atoms with E-state index in [1.54, 1.807) is 10.9 Å². The second kappa shape index (κ2) is 6.39. The van der Waals surface area contributed by atoms with Gasteiger partial charge in [0.2, 0.25) is 11.7 Å². The molecule has 1 unspecified atom stereocenters. The number of aryl methyl sites for hydroxylation is 2. The minimum atomic E-state index is 0.242. The summed E-state index contributed by atoms with van der Waals surface area (Å²) in [5, 5.41) is 8.14. The van der Waals surface area contributed by atoms with Gasteiger partial charge < -0.3 is 10.3 Å². The molecule has 0 fully saturated rings. The van der Waals surface area contributed by atoms with E-state index in [-0.39, 0.29) is 5.41 Å². The van der Waals surface area contributed by atoms with Crippen LogP contribution in [0.5, 0.6) is 0 Å². The van der Waals surface area contributed by atoms with Gasteiger partial charge in [-0.1, -0.05) is 25.9 Å². The molecule has 0 amide bonds. The molecule has 0 aromatic carbocycles. The highest BCUT2D eigenvalue weighted by Crippen LogP contribution is 2.32. The van der Waals surface area contributed by atoms with Gasteiger partial charge in [0.05, 0.1) is 11.8 Å². The monoisotopic (exact) mass is 291 g/mol. The Bertz CT molecular complexity index is 567. The third-order valence-electron chi connectivity index (χ3n) is 3.88. The molecule has 0 saturated carbocycles. The van der Waals surface area contributed by atoms with E-state index in [1.165, 1.54) is 0 Å². The largest absolute Gasteiger partial charge is 0.339 e. The molecule has 116 valence electrons. The van der Waals surface area contributed by atoms with E-state index in [9.17, 15) is 0 Å². The quantitative estimate of drug-likeness (QED) is 0.883. The van der Waals surface area contributed by atoms with Gasteiger partial charge in [0.25, 0.3) is 0 Å². The fourth-order valence-corrected chi connectivity index (χ4v) is 2.52. The molecule has 0 aliphatic rings. The van der Waals surface area contributed by atoms with Crippen molar-refractivity contribution < 1.29 is 4.52 Å². The zero-order valence-electron chi connectivity index (χ0n) is 13.3. The first-order chi connectivity index (χ1) is 9.90. The fraction of sp³-hybridized carbons (Fsp3) is 0.667. The van der Waals surface area contributed by atoms with Gasteiger partial charge in [0.1, 0.15) is 0 Å². The number of nitrogens with two attached hydrogens (primary N) is 1. The second-order valence-corrected chi connectivity index (χ2v) is 6.59. The predicted octanol–water partition coefficient (Wildman–Crippen LogP) is 2.41. The van der Waals surface area contributed by atoms with Crippen LogP contribution in [0, 0.1) is 11.3 Å². The summed E-state index contributed by atoms with van der Waals surface area (Å²) in [5.41, 5.74) is 6.84. The van der Waals surface area contributed by atoms with Crippen LogP contribution in [0.4, 0.5) is 0 Å². The van der Waals surface area contributed by atoms with Crippen molar-refractivity contribution in [2.75, 3.05) is 6.54 Å². The van der Waals surface area contributed by atoms with E-state index in [0.29, 0.717) is 24.2 Å². The van der Waals surface area contributed by atoms with Crippen LogP contribution in [0.2, 0.25) is 0 Å². The first-order valence-electron chi connectivity index (χ1n) is 7.42. The first-order valence-corrected chi connectivity index (χ1v) is 7.42. The smallest absolute Gasteiger partial charge is 0.226 e. The van der Waals surface area contributed by atoms with Crippen molar-refractivity contribution in [1.82, 2.24) is 19.9 Å². The van der Waals surface area contributed by atoms with Crippen molar-refractivity contribution >= 4 is 0 Å². The first kappa shape index (κ1) is 15.7. The summed E-state index contributed by atoms with van der Waals surface area (Å²) in [6.45, 7) is 7.47. The average molecular weight is 291 g/mol. The van der Waals surface area contributed by atoms with Gasteiger partial charge in [-0.25, -0.2) is 0 Å². The lowest BCUT2D eigenvalue weighted by atomic mass is 9.76. The van der Waals surface area contributed by atoms with E-state index in [2.05, 4.69) is 36.0 Å². The van der Waals surface area contributed by atoms with Crippen molar-refractivity contribution in [3.63, 3.8) is 0 Å².